The quantitative estimate of drug-likeness (QED) is 0.912. The molecule has 1 atom stereocenters. The first-order valence-electron chi connectivity index (χ1n) is 7.45. The van der Waals surface area contributed by atoms with Gasteiger partial charge in [0.2, 0.25) is 0 Å². The summed E-state index contributed by atoms with van der Waals surface area (Å²) in [4.78, 5) is 16.4. The van der Waals surface area contributed by atoms with Crippen LogP contribution in [0.3, 0.4) is 0 Å². The van der Waals surface area contributed by atoms with Crippen molar-refractivity contribution < 1.29 is 23.0 Å². The number of alkyl halides is 2. The number of aromatic nitrogens is 1. The van der Waals surface area contributed by atoms with Gasteiger partial charge in [0.05, 0.1) is 28.8 Å². The van der Waals surface area contributed by atoms with Gasteiger partial charge in [0.1, 0.15) is 5.75 Å². The molecule has 8 heteroatoms. The minimum absolute atomic E-state index is 0.0210. The van der Waals surface area contributed by atoms with Crippen LogP contribution in [-0.2, 0) is 4.74 Å². The third-order valence-corrected chi connectivity index (χ3v) is 4.00. The van der Waals surface area contributed by atoms with E-state index < -0.39 is 6.61 Å². The fourth-order valence-corrected chi connectivity index (χ4v) is 2.78. The highest BCUT2D eigenvalue weighted by Gasteiger charge is 2.18. The number of hydrogen-bond donors (Lipinski definition) is 1. The Morgan fingerprint density at radius 1 is 1.42 bits per heavy atom. The molecule has 128 valence electrons. The average molecular weight is 357 g/mol. The molecule has 1 aromatic carbocycles. The first kappa shape index (κ1) is 16.9. The van der Waals surface area contributed by atoms with Crippen molar-refractivity contribution in [3.63, 3.8) is 0 Å². The number of hydrogen-bond acceptors (Lipinski definition) is 4. The molecule has 3 rings (SSSR count). The number of fused-ring (bicyclic) bond motifs is 1. The molecule has 1 fully saturated rings. The number of nitrogens with zero attached hydrogens (tertiary/aromatic N) is 1. The molecule has 2 aromatic rings. The van der Waals surface area contributed by atoms with Crippen molar-refractivity contribution in [2.45, 2.75) is 25.5 Å². The lowest BCUT2D eigenvalue weighted by Crippen LogP contribution is -2.40. The molecule has 5 nitrogen and oxygen atoms in total. The van der Waals surface area contributed by atoms with Crippen molar-refractivity contribution in [2.24, 2.45) is 0 Å². The molecule has 1 aliphatic heterocycles. The summed E-state index contributed by atoms with van der Waals surface area (Å²) in [6, 6.07) is 4.36. The van der Waals surface area contributed by atoms with Crippen LogP contribution in [0.15, 0.2) is 24.4 Å². The van der Waals surface area contributed by atoms with Crippen LogP contribution in [0.4, 0.5) is 8.78 Å². The van der Waals surface area contributed by atoms with E-state index in [1.165, 1.54) is 18.3 Å². The van der Waals surface area contributed by atoms with Crippen LogP contribution in [0.5, 0.6) is 5.75 Å². The SMILES string of the molecule is O=C(NC1CCCOC1)c1cnc2cc(OC(F)F)c(Cl)cc2c1. The van der Waals surface area contributed by atoms with Gasteiger partial charge in [0.25, 0.3) is 5.91 Å². The van der Waals surface area contributed by atoms with Crippen LogP contribution >= 0.6 is 11.6 Å². The highest BCUT2D eigenvalue weighted by Crippen LogP contribution is 2.30. The molecule has 1 aromatic heterocycles. The Hall–Kier alpha value is -1.99. The summed E-state index contributed by atoms with van der Waals surface area (Å²) in [6.45, 7) is -1.76. The fourth-order valence-electron chi connectivity index (χ4n) is 2.56. The normalized spacial score (nSPS) is 17.9. The topological polar surface area (TPSA) is 60.5 Å². The zero-order valence-electron chi connectivity index (χ0n) is 12.6. The first-order chi connectivity index (χ1) is 11.5. The summed E-state index contributed by atoms with van der Waals surface area (Å²) in [6.07, 6.45) is 3.16. The first-order valence-corrected chi connectivity index (χ1v) is 7.83. The summed E-state index contributed by atoms with van der Waals surface area (Å²) in [5, 5.41) is 3.49. The molecule has 0 saturated carbocycles. The summed E-state index contributed by atoms with van der Waals surface area (Å²) < 4.78 is 34.3. The summed E-state index contributed by atoms with van der Waals surface area (Å²) in [5.74, 6) is -0.410. The number of halogens is 3. The van der Waals surface area contributed by atoms with Crippen molar-refractivity contribution in [2.75, 3.05) is 13.2 Å². The molecular weight excluding hydrogens is 342 g/mol. The minimum Gasteiger partial charge on any atom is -0.433 e. The molecule has 1 amide bonds. The van der Waals surface area contributed by atoms with Gasteiger partial charge in [-0.1, -0.05) is 11.6 Å². The minimum atomic E-state index is -2.97. The van der Waals surface area contributed by atoms with E-state index in [9.17, 15) is 13.6 Å². The van der Waals surface area contributed by atoms with Gasteiger partial charge in [-0.2, -0.15) is 8.78 Å². The van der Waals surface area contributed by atoms with Gasteiger partial charge < -0.3 is 14.8 Å². The molecule has 1 aliphatic rings. The molecule has 1 saturated heterocycles. The fraction of sp³-hybridized carbons (Fsp3) is 0.375. The van der Waals surface area contributed by atoms with Crippen LogP contribution < -0.4 is 10.1 Å². The van der Waals surface area contributed by atoms with E-state index in [1.807, 2.05) is 0 Å². The molecule has 0 spiro atoms. The summed E-state index contributed by atoms with van der Waals surface area (Å²) in [7, 11) is 0. The van der Waals surface area contributed by atoms with Gasteiger partial charge in [-0.15, -0.1) is 0 Å². The van der Waals surface area contributed by atoms with E-state index in [-0.39, 0.29) is 22.7 Å². The summed E-state index contributed by atoms with van der Waals surface area (Å²) in [5.41, 5.74) is 0.777. The second-order valence-electron chi connectivity index (χ2n) is 5.47. The number of benzene rings is 1. The molecule has 24 heavy (non-hydrogen) atoms. The average Bonchev–Trinajstić information content (AvgIpc) is 2.55. The Balaban J connectivity index is 1.81. The van der Waals surface area contributed by atoms with Gasteiger partial charge in [0.15, 0.2) is 0 Å². The van der Waals surface area contributed by atoms with E-state index in [4.69, 9.17) is 16.3 Å². The van der Waals surface area contributed by atoms with Crippen molar-refractivity contribution in [3.05, 3.63) is 35.0 Å². The number of nitrogens with one attached hydrogen (secondary N) is 1. The van der Waals surface area contributed by atoms with Crippen LogP contribution in [0.25, 0.3) is 10.9 Å². The van der Waals surface area contributed by atoms with E-state index in [2.05, 4.69) is 15.0 Å². The number of carbonyl (C=O) groups excluding carboxylic acids is 1. The Bertz CT molecular complexity index is 751. The van der Waals surface area contributed by atoms with E-state index in [0.717, 1.165) is 12.8 Å². The van der Waals surface area contributed by atoms with E-state index in [1.54, 1.807) is 6.07 Å². The predicted molar refractivity (Wildman–Crippen MR) is 84.7 cm³/mol. The van der Waals surface area contributed by atoms with E-state index in [0.29, 0.717) is 29.7 Å². The van der Waals surface area contributed by atoms with Crippen LogP contribution in [0, 0.1) is 0 Å². The molecule has 0 bridgehead atoms. The van der Waals surface area contributed by atoms with Gasteiger partial charge in [-0.25, -0.2) is 0 Å². The van der Waals surface area contributed by atoms with Gasteiger partial charge in [0, 0.05) is 24.3 Å². The zero-order valence-corrected chi connectivity index (χ0v) is 13.4. The second kappa shape index (κ2) is 7.27. The lowest BCUT2D eigenvalue weighted by molar-refractivity contribution is -0.0497. The highest BCUT2D eigenvalue weighted by molar-refractivity contribution is 6.32. The maximum atomic E-state index is 12.3. The van der Waals surface area contributed by atoms with Crippen molar-refractivity contribution in [3.8, 4) is 5.75 Å². The molecule has 1 N–H and O–H groups in total. The molecule has 0 radical (unpaired) electrons. The Morgan fingerprint density at radius 3 is 2.96 bits per heavy atom. The second-order valence-corrected chi connectivity index (χ2v) is 5.87. The molecule has 0 aliphatic carbocycles. The highest BCUT2D eigenvalue weighted by atomic mass is 35.5. The third kappa shape index (κ3) is 3.91. The maximum absolute atomic E-state index is 12.3. The third-order valence-electron chi connectivity index (χ3n) is 3.71. The standard InChI is InChI=1S/C16H15ClF2N2O3/c17-12-5-9-4-10(15(22)21-11-2-1-3-23-8-11)7-20-13(9)6-14(12)24-16(18)19/h4-7,11,16H,1-3,8H2,(H,21,22). The molecular formula is C16H15ClF2N2O3. The maximum Gasteiger partial charge on any atom is 0.387 e. The van der Waals surface area contributed by atoms with Crippen LogP contribution in [0.2, 0.25) is 5.02 Å². The van der Waals surface area contributed by atoms with Crippen LogP contribution in [-0.4, -0.2) is 36.8 Å². The Kier molecular flexibility index (Phi) is 5.11. The van der Waals surface area contributed by atoms with Crippen LogP contribution in [0.1, 0.15) is 23.2 Å². The lowest BCUT2D eigenvalue weighted by Gasteiger charge is -2.23. The van der Waals surface area contributed by atoms with Gasteiger partial charge in [-0.3, -0.25) is 9.78 Å². The summed E-state index contributed by atoms with van der Waals surface area (Å²) >= 11 is 5.93. The Labute approximate surface area is 141 Å². The van der Waals surface area contributed by atoms with E-state index >= 15 is 0 Å². The predicted octanol–water partition coefficient (Wildman–Crippen LogP) is 3.40. The van der Waals surface area contributed by atoms with Crippen molar-refractivity contribution in [1.29, 1.82) is 0 Å². The largest absolute Gasteiger partial charge is 0.433 e. The number of amides is 1. The molecule has 2 heterocycles. The monoisotopic (exact) mass is 356 g/mol. The van der Waals surface area contributed by atoms with Crippen molar-refractivity contribution >= 4 is 28.4 Å². The lowest BCUT2D eigenvalue weighted by atomic mass is 10.1. The Morgan fingerprint density at radius 2 is 2.25 bits per heavy atom. The number of carbonyl (C=O) groups is 1. The van der Waals surface area contributed by atoms with Crippen molar-refractivity contribution in [1.82, 2.24) is 10.3 Å². The number of ether oxygens (including phenoxy) is 2. The number of pyridine rings is 1. The zero-order chi connectivity index (χ0) is 17.1. The molecule has 1 unspecified atom stereocenters. The van der Waals surface area contributed by atoms with Gasteiger partial charge in [-0.05, 0) is 25.0 Å². The smallest absolute Gasteiger partial charge is 0.387 e. The van der Waals surface area contributed by atoms with Gasteiger partial charge >= 0.3 is 6.61 Å². The number of rotatable bonds is 4.